The van der Waals surface area contributed by atoms with Crippen LogP contribution < -0.4 is 5.32 Å². The number of piperidine rings is 1. The summed E-state index contributed by atoms with van der Waals surface area (Å²) in [5.74, 6) is 0.913. The molecular formula is C18H26Cl2N2O. The molecule has 1 aliphatic rings. The lowest BCUT2D eigenvalue weighted by Gasteiger charge is -2.32. The van der Waals surface area contributed by atoms with Crippen molar-refractivity contribution in [1.29, 1.82) is 0 Å². The zero-order valence-electron chi connectivity index (χ0n) is 13.9. The van der Waals surface area contributed by atoms with E-state index in [2.05, 4.69) is 24.1 Å². The summed E-state index contributed by atoms with van der Waals surface area (Å²) >= 11 is 12.0. The highest BCUT2D eigenvalue weighted by atomic mass is 35.5. The van der Waals surface area contributed by atoms with E-state index in [1.165, 1.54) is 0 Å². The molecule has 3 nitrogen and oxygen atoms in total. The summed E-state index contributed by atoms with van der Waals surface area (Å²) in [7, 11) is 0. The summed E-state index contributed by atoms with van der Waals surface area (Å²) in [5.41, 5.74) is 1.14. The lowest BCUT2D eigenvalue weighted by atomic mass is 9.96. The van der Waals surface area contributed by atoms with Gasteiger partial charge in [-0.3, -0.25) is 9.69 Å². The summed E-state index contributed by atoms with van der Waals surface area (Å²) < 4.78 is 0. The van der Waals surface area contributed by atoms with Crippen LogP contribution in [0.25, 0.3) is 0 Å². The fourth-order valence-electron chi connectivity index (χ4n) is 2.94. The molecule has 1 aromatic carbocycles. The van der Waals surface area contributed by atoms with Gasteiger partial charge in [0, 0.05) is 19.6 Å². The smallest absolute Gasteiger partial charge is 0.224 e. The second kappa shape index (κ2) is 8.91. The average Bonchev–Trinajstić information content (AvgIpc) is 2.51. The second-order valence-electron chi connectivity index (χ2n) is 6.80. The van der Waals surface area contributed by atoms with Crippen LogP contribution in [-0.4, -0.2) is 30.4 Å². The lowest BCUT2D eigenvalue weighted by Crippen LogP contribution is -2.43. The number of hydrogen-bond donors (Lipinski definition) is 1. The predicted molar refractivity (Wildman–Crippen MR) is 96.9 cm³/mol. The van der Waals surface area contributed by atoms with Gasteiger partial charge < -0.3 is 5.32 Å². The van der Waals surface area contributed by atoms with Gasteiger partial charge in [-0.25, -0.2) is 0 Å². The lowest BCUT2D eigenvalue weighted by molar-refractivity contribution is -0.126. The molecule has 1 amide bonds. The van der Waals surface area contributed by atoms with Gasteiger partial charge in [-0.1, -0.05) is 43.1 Å². The third kappa shape index (κ3) is 5.98. The second-order valence-corrected chi connectivity index (χ2v) is 7.61. The first kappa shape index (κ1) is 18.6. The minimum Gasteiger partial charge on any atom is -0.356 e. The van der Waals surface area contributed by atoms with E-state index < -0.39 is 0 Å². The van der Waals surface area contributed by atoms with Crippen molar-refractivity contribution in [3.63, 3.8) is 0 Å². The van der Waals surface area contributed by atoms with Crippen LogP contribution in [0.4, 0.5) is 0 Å². The Hall–Kier alpha value is -0.770. The largest absolute Gasteiger partial charge is 0.356 e. The van der Waals surface area contributed by atoms with Gasteiger partial charge >= 0.3 is 0 Å². The maximum absolute atomic E-state index is 12.3. The third-order valence-electron chi connectivity index (χ3n) is 4.29. The van der Waals surface area contributed by atoms with Gasteiger partial charge in [0.05, 0.1) is 16.0 Å². The first-order chi connectivity index (χ1) is 11.0. The number of carbonyl (C=O) groups excluding carboxylic acids is 1. The molecular weight excluding hydrogens is 331 g/mol. The molecule has 0 bridgehead atoms. The number of hydrogen-bond acceptors (Lipinski definition) is 2. The zero-order valence-corrected chi connectivity index (χ0v) is 15.5. The van der Waals surface area contributed by atoms with Crippen molar-refractivity contribution in [3.8, 4) is 0 Å². The van der Waals surface area contributed by atoms with Crippen molar-refractivity contribution in [2.24, 2.45) is 11.8 Å². The van der Waals surface area contributed by atoms with Crippen LogP contribution in [-0.2, 0) is 11.3 Å². The third-order valence-corrected chi connectivity index (χ3v) is 5.03. The Labute approximate surface area is 149 Å². The molecule has 0 aliphatic carbocycles. The van der Waals surface area contributed by atoms with E-state index in [4.69, 9.17) is 23.2 Å². The van der Waals surface area contributed by atoms with Gasteiger partial charge in [-0.05, 0) is 49.4 Å². The molecule has 128 valence electrons. The van der Waals surface area contributed by atoms with Crippen molar-refractivity contribution in [3.05, 3.63) is 33.8 Å². The molecule has 5 heteroatoms. The molecule has 23 heavy (non-hydrogen) atoms. The van der Waals surface area contributed by atoms with Crippen molar-refractivity contribution in [2.45, 2.75) is 39.7 Å². The molecule has 1 aromatic rings. The minimum atomic E-state index is 0.0960. The number of benzene rings is 1. The summed E-state index contributed by atoms with van der Waals surface area (Å²) in [6.07, 6.45) is 3.07. The van der Waals surface area contributed by atoms with Gasteiger partial charge in [0.25, 0.3) is 0 Å². The first-order valence-corrected chi connectivity index (χ1v) is 9.15. The van der Waals surface area contributed by atoms with Crippen LogP contribution in [0.1, 0.15) is 38.7 Å². The monoisotopic (exact) mass is 356 g/mol. The van der Waals surface area contributed by atoms with Gasteiger partial charge in [0.15, 0.2) is 0 Å². The molecule has 0 aromatic heterocycles. The van der Waals surface area contributed by atoms with E-state index in [0.717, 1.165) is 51.0 Å². The Morgan fingerprint density at radius 3 is 2.83 bits per heavy atom. The van der Waals surface area contributed by atoms with E-state index in [0.29, 0.717) is 16.0 Å². The Morgan fingerprint density at radius 2 is 2.13 bits per heavy atom. The molecule has 1 atom stereocenters. The SMILES string of the molecule is CC(C)CCNC(=O)C1CCCN(Cc2ccc(Cl)c(Cl)c2)C1. The summed E-state index contributed by atoms with van der Waals surface area (Å²) in [6.45, 7) is 7.77. The quantitative estimate of drug-likeness (QED) is 0.820. The summed E-state index contributed by atoms with van der Waals surface area (Å²) in [4.78, 5) is 14.6. The number of halogens is 2. The van der Waals surface area contributed by atoms with E-state index in [1.807, 2.05) is 18.2 Å². The van der Waals surface area contributed by atoms with Crippen LogP contribution in [0.15, 0.2) is 18.2 Å². The molecule has 1 unspecified atom stereocenters. The fourth-order valence-corrected chi connectivity index (χ4v) is 3.26. The Morgan fingerprint density at radius 1 is 1.35 bits per heavy atom. The molecule has 0 spiro atoms. The van der Waals surface area contributed by atoms with Crippen LogP contribution in [0.3, 0.4) is 0 Å². The number of nitrogens with zero attached hydrogens (tertiary/aromatic N) is 1. The molecule has 1 heterocycles. The Bertz CT molecular complexity index is 534. The minimum absolute atomic E-state index is 0.0960. The van der Waals surface area contributed by atoms with Crippen LogP contribution in [0.5, 0.6) is 0 Å². The van der Waals surface area contributed by atoms with E-state index in [1.54, 1.807) is 0 Å². The number of nitrogens with one attached hydrogen (secondary N) is 1. The van der Waals surface area contributed by atoms with Gasteiger partial charge in [0.1, 0.15) is 0 Å². The summed E-state index contributed by atoms with van der Waals surface area (Å²) in [6, 6.07) is 5.75. The predicted octanol–water partition coefficient (Wildman–Crippen LogP) is 4.37. The van der Waals surface area contributed by atoms with Gasteiger partial charge in [-0.15, -0.1) is 0 Å². The number of likely N-dealkylation sites (tertiary alicyclic amines) is 1. The summed E-state index contributed by atoms with van der Waals surface area (Å²) in [5, 5.41) is 4.25. The van der Waals surface area contributed by atoms with E-state index >= 15 is 0 Å². The molecule has 0 radical (unpaired) electrons. The van der Waals surface area contributed by atoms with Crippen molar-refractivity contribution in [2.75, 3.05) is 19.6 Å². The van der Waals surface area contributed by atoms with E-state index in [-0.39, 0.29) is 11.8 Å². The number of carbonyl (C=O) groups is 1. The van der Waals surface area contributed by atoms with Crippen molar-refractivity contribution in [1.82, 2.24) is 10.2 Å². The molecule has 0 saturated carbocycles. The molecule has 1 N–H and O–H groups in total. The number of amides is 1. The highest BCUT2D eigenvalue weighted by Gasteiger charge is 2.25. The maximum atomic E-state index is 12.3. The molecule has 1 saturated heterocycles. The van der Waals surface area contributed by atoms with Gasteiger partial charge in [0.2, 0.25) is 5.91 Å². The molecule has 2 rings (SSSR count). The first-order valence-electron chi connectivity index (χ1n) is 8.39. The van der Waals surface area contributed by atoms with Crippen LogP contribution in [0, 0.1) is 11.8 Å². The molecule has 1 aliphatic heterocycles. The highest BCUT2D eigenvalue weighted by molar-refractivity contribution is 6.42. The Kier molecular flexibility index (Phi) is 7.19. The average molecular weight is 357 g/mol. The number of rotatable bonds is 6. The standard InChI is InChI=1S/C18H26Cl2N2O/c1-13(2)7-8-21-18(23)15-4-3-9-22(12-15)11-14-5-6-16(19)17(20)10-14/h5-6,10,13,15H,3-4,7-9,11-12H2,1-2H3,(H,21,23). The molecule has 1 fully saturated rings. The van der Waals surface area contributed by atoms with Crippen molar-refractivity contribution < 1.29 is 4.79 Å². The van der Waals surface area contributed by atoms with Crippen LogP contribution in [0.2, 0.25) is 10.0 Å². The normalized spacial score (nSPS) is 19.1. The van der Waals surface area contributed by atoms with Crippen LogP contribution >= 0.6 is 23.2 Å². The van der Waals surface area contributed by atoms with E-state index in [9.17, 15) is 4.79 Å². The highest BCUT2D eigenvalue weighted by Crippen LogP contribution is 2.25. The topological polar surface area (TPSA) is 32.3 Å². The fraction of sp³-hybridized carbons (Fsp3) is 0.611. The maximum Gasteiger partial charge on any atom is 0.224 e. The van der Waals surface area contributed by atoms with Gasteiger partial charge in [-0.2, -0.15) is 0 Å². The zero-order chi connectivity index (χ0) is 16.8. The van der Waals surface area contributed by atoms with Crippen molar-refractivity contribution >= 4 is 29.1 Å². The Balaban J connectivity index is 1.85.